The quantitative estimate of drug-likeness (QED) is 0.396. The number of para-hydroxylation sites is 1. The molecule has 4 aromatic rings. The summed E-state index contributed by atoms with van der Waals surface area (Å²) >= 11 is 0. The van der Waals surface area contributed by atoms with E-state index >= 15 is 0 Å². The third-order valence-corrected chi connectivity index (χ3v) is 6.06. The van der Waals surface area contributed by atoms with Crippen LogP contribution in [0.25, 0.3) is 16.7 Å². The zero-order chi connectivity index (χ0) is 26.9. The maximum Gasteiger partial charge on any atom is 0.352 e. The van der Waals surface area contributed by atoms with E-state index in [0.717, 1.165) is 4.68 Å². The molecule has 10 nitrogen and oxygen atoms in total. The molecule has 2 aromatic carbocycles. The van der Waals surface area contributed by atoms with Gasteiger partial charge in [-0.3, -0.25) is 19.0 Å². The Labute approximate surface area is 214 Å². The Morgan fingerprint density at radius 2 is 1.70 bits per heavy atom. The number of carbonyl (C=O) groups excluding carboxylic acids is 2. The van der Waals surface area contributed by atoms with Crippen LogP contribution in [0.4, 0.5) is 5.69 Å². The highest BCUT2D eigenvalue weighted by atomic mass is 16.2. The number of aromatic nitrogens is 4. The van der Waals surface area contributed by atoms with Gasteiger partial charge in [0, 0.05) is 31.4 Å². The van der Waals surface area contributed by atoms with E-state index in [4.69, 9.17) is 0 Å². The van der Waals surface area contributed by atoms with Gasteiger partial charge < -0.3 is 10.2 Å². The normalized spacial score (nSPS) is 11.5. The van der Waals surface area contributed by atoms with E-state index in [-0.39, 0.29) is 47.0 Å². The van der Waals surface area contributed by atoms with Crippen LogP contribution in [-0.2, 0) is 17.9 Å². The molecule has 0 aliphatic rings. The van der Waals surface area contributed by atoms with Crippen LogP contribution in [0.3, 0.4) is 0 Å². The van der Waals surface area contributed by atoms with Gasteiger partial charge in [-0.15, -0.1) is 5.10 Å². The van der Waals surface area contributed by atoms with Crippen molar-refractivity contribution in [1.29, 1.82) is 0 Å². The number of hydrogen-bond acceptors (Lipinski definition) is 5. The summed E-state index contributed by atoms with van der Waals surface area (Å²) in [6.07, 6.45) is 0. The van der Waals surface area contributed by atoms with Gasteiger partial charge in [0.15, 0.2) is 0 Å². The molecule has 2 amide bonds. The topological polar surface area (TPSA) is 111 Å². The molecule has 10 heteroatoms. The zero-order valence-corrected chi connectivity index (χ0v) is 21.8. The average molecular weight is 505 g/mol. The molecule has 0 fully saturated rings. The largest absolute Gasteiger partial charge is 0.352 e. The molecule has 37 heavy (non-hydrogen) atoms. The first-order valence-electron chi connectivity index (χ1n) is 12.3. The summed E-state index contributed by atoms with van der Waals surface area (Å²) < 4.78 is 3.83. The number of fused-ring (bicyclic) bond motifs is 3. The van der Waals surface area contributed by atoms with Gasteiger partial charge in [-0.2, -0.15) is 0 Å². The van der Waals surface area contributed by atoms with Gasteiger partial charge in [0.1, 0.15) is 6.54 Å². The van der Waals surface area contributed by atoms with Crippen LogP contribution in [0.15, 0.2) is 58.1 Å². The molecule has 0 atom stereocenters. The Bertz CT molecular complexity index is 1580. The molecular weight excluding hydrogens is 472 g/mol. The van der Waals surface area contributed by atoms with Crippen molar-refractivity contribution in [3.05, 3.63) is 74.9 Å². The number of carbonyl (C=O) groups is 2. The molecule has 194 valence electrons. The Morgan fingerprint density at radius 3 is 2.35 bits per heavy atom. The number of likely N-dealkylation sites (N-methyl/N-ethyl adjacent to an activating group) is 1. The zero-order valence-electron chi connectivity index (χ0n) is 21.8. The minimum absolute atomic E-state index is 0.103. The van der Waals surface area contributed by atoms with Crippen molar-refractivity contribution in [2.24, 2.45) is 11.8 Å². The van der Waals surface area contributed by atoms with Crippen LogP contribution in [0.1, 0.15) is 38.1 Å². The van der Waals surface area contributed by atoms with Crippen LogP contribution in [0.2, 0.25) is 0 Å². The van der Waals surface area contributed by atoms with Crippen molar-refractivity contribution in [3.63, 3.8) is 0 Å². The van der Waals surface area contributed by atoms with Crippen molar-refractivity contribution < 1.29 is 9.59 Å². The van der Waals surface area contributed by atoms with Gasteiger partial charge in [-0.1, -0.05) is 45.9 Å². The van der Waals surface area contributed by atoms with E-state index in [9.17, 15) is 19.2 Å². The van der Waals surface area contributed by atoms with Crippen molar-refractivity contribution in [3.8, 4) is 0 Å². The van der Waals surface area contributed by atoms with E-state index in [1.807, 2.05) is 45.9 Å². The average Bonchev–Trinajstić information content (AvgIpc) is 3.20. The van der Waals surface area contributed by atoms with E-state index in [2.05, 4.69) is 10.4 Å². The Morgan fingerprint density at radius 1 is 1.00 bits per heavy atom. The maximum absolute atomic E-state index is 13.6. The molecule has 0 aliphatic heterocycles. The van der Waals surface area contributed by atoms with E-state index in [0.29, 0.717) is 29.7 Å². The second-order valence-corrected chi connectivity index (χ2v) is 10.0. The van der Waals surface area contributed by atoms with E-state index in [1.165, 1.54) is 19.9 Å². The highest BCUT2D eigenvalue weighted by molar-refractivity contribution is 5.98. The van der Waals surface area contributed by atoms with Crippen molar-refractivity contribution in [2.45, 2.75) is 40.8 Å². The van der Waals surface area contributed by atoms with Crippen LogP contribution in [-0.4, -0.2) is 44.2 Å². The number of benzene rings is 2. The summed E-state index contributed by atoms with van der Waals surface area (Å²) in [5, 5.41) is 7.56. The van der Waals surface area contributed by atoms with Gasteiger partial charge in [0.2, 0.25) is 11.7 Å². The molecule has 4 rings (SSSR count). The van der Waals surface area contributed by atoms with Crippen molar-refractivity contribution in [1.82, 2.24) is 24.1 Å². The monoisotopic (exact) mass is 504 g/mol. The molecule has 2 heterocycles. The number of amides is 2. The molecule has 0 radical (unpaired) electrons. The molecule has 0 unspecified atom stereocenters. The summed E-state index contributed by atoms with van der Waals surface area (Å²) in [6, 6.07) is 13.8. The first-order chi connectivity index (χ1) is 17.6. The third-order valence-electron chi connectivity index (χ3n) is 6.06. The first kappa shape index (κ1) is 25.9. The number of anilines is 1. The number of nitrogens with zero attached hydrogens (tertiary/aromatic N) is 5. The molecule has 0 aliphatic carbocycles. The summed E-state index contributed by atoms with van der Waals surface area (Å²) in [6.45, 7) is 8.43. The third kappa shape index (κ3) is 5.18. The summed E-state index contributed by atoms with van der Waals surface area (Å²) in [5.41, 5.74) is 0.415. The van der Waals surface area contributed by atoms with Crippen LogP contribution in [0.5, 0.6) is 0 Å². The van der Waals surface area contributed by atoms with E-state index in [1.54, 1.807) is 31.3 Å². The number of hydrogen-bond donors (Lipinski definition) is 1. The van der Waals surface area contributed by atoms with Gasteiger partial charge in [0.05, 0.1) is 10.9 Å². The predicted octanol–water partition coefficient (Wildman–Crippen LogP) is 2.52. The summed E-state index contributed by atoms with van der Waals surface area (Å²) in [5.74, 6) is -0.133. The lowest BCUT2D eigenvalue weighted by atomic mass is 10.1. The lowest BCUT2D eigenvalue weighted by Crippen LogP contribution is -2.34. The Kier molecular flexibility index (Phi) is 7.28. The predicted molar refractivity (Wildman–Crippen MR) is 143 cm³/mol. The van der Waals surface area contributed by atoms with Crippen molar-refractivity contribution >= 4 is 34.2 Å². The minimum atomic E-state index is -0.563. The van der Waals surface area contributed by atoms with Gasteiger partial charge >= 0.3 is 5.69 Å². The Balaban J connectivity index is 1.85. The smallest absolute Gasteiger partial charge is 0.352 e. The highest BCUT2D eigenvalue weighted by Crippen LogP contribution is 2.16. The SMILES string of the molecule is CC(C)CNC(=O)c1ccc2c(=O)n(CC(C)C)c3nn(CC(=O)N(C)c4ccccc4)c(=O)n3c2c1. The highest BCUT2D eigenvalue weighted by Gasteiger charge is 2.21. The van der Waals surface area contributed by atoms with Crippen molar-refractivity contribution in [2.75, 3.05) is 18.5 Å². The summed E-state index contributed by atoms with van der Waals surface area (Å²) in [4.78, 5) is 54.2. The van der Waals surface area contributed by atoms with Crippen LogP contribution in [0, 0.1) is 11.8 Å². The molecule has 0 spiro atoms. The van der Waals surface area contributed by atoms with Gasteiger partial charge in [0.25, 0.3) is 11.5 Å². The molecule has 0 saturated carbocycles. The van der Waals surface area contributed by atoms with E-state index < -0.39 is 5.69 Å². The second-order valence-electron chi connectivity index (χ2n) is 10.0. The van der Waals surface area contributed by atoms with Crippen LogP contribution >= 0.6 is 0 Å². The van der Waals surface area contributed by atoms with Gasteiger partial charge in [-0.05, 0) is 42.2 Å². The number of nitrogens with one attached hydrogen (secondary N) is 1. The standard InChI is InChI=1S/C27H32N6O4/c1-17(2)14-28-24(35)19-11-12-21-22(13-19)33-26(31(25(21)36)15-18(3)4)29-32(27(33)37)16-23(34)30(5)20-9-7-6-8-10-20/h6-13,17-18H,14-16H2,1-5H3,(H,28,35). The molecule has 2 aromatic heterocycles. The van der Waals surface area contributed by atoms with Crippen LogP contribution < -0.4 is 21.5 Å². The lowest BCUT2D eigenvalue weighted by molar-refractivity contribution is -0.119. The summed E-state index contributed by atoms with van der Waals surface area (Å²) in [7, 11) is 1.63. The molecule has 1 N–H and O–H groups in total. The fourth-order valence-corrected chi connectivity index (χ4v) is 4.12. The first-order valence-corrected chi connectivity index (χ1v) is 12.3. The molecule has 0 saturated heterocycles. The molecular formula is C27H32N6O4. The molecule has 0 bridgehead atoms. The second kappa shape index (κ2) is 10.4. The van der Waals surface area contributed by atoms with Gasteiger partial charge in [-0.25, -0.2) is 13.9 Å². The fraction of sp³-hybridized carbons (Fsp3) is 0.370. The Hall–Kier alpha value is -4.21. The lowest BCUT2D eigenvalue weighted by Gasteiger charge is -2.16. The minimum Gasteiger partial charge on any atom is -0.352 e. The number of rotatable bonds is 8. The fourth-order valence-electron chi connectivity index (χ4n) is 4.12. The maximum atomic E-state index is 13.6.